The van der Waals surface area contributed by atoms with Gasteiger partial charge < -0.3 is 10.3 Å². The van der Waals surface area contributed by atoms with Crippen LogP contribution in [0.25, 0.3) is 11.4 Å². The maximum Gasteiger partial charge on any atom is 0.185 e. The van der Waals surface area contributed by atoms with Gasteiger partial charge in [-0.1, -0.05) is 26.0 Å². The first-order chi connectivity index (χ1) is 9.39. The van der Waals surface area contributed by atoms with Gasteiger partial charge in [-0.05, 0) is 24.0 Å². The zero-order chi connectivity index (χ0) is 14.5. The Morgan fingerprint density at radius 2 is 1.95 bits per heavy atom. The molecule has 0 radical (unpaired) electrons. The summed E-state index contributed by atoms with van der Waals surface area (Å²) >= 11 is 0. The Morgan fingerprint density at radius 1 is 1.25 bits per heavy atom. The summed E-state index contributed by atoms with van der Waals surface area (Å²) in [4.78, 5) is 16.5. The maximum atomic E-state index is 12.2. The molecule has 0 atom stereocenters. The quantitative estimate of drug-likeness (QED) is 0.782. The largest absolute Gasteiger partial charge is 0.507 e. The van der Waals surface area contributed by atoms with Crippen molar-refractivity contribution in [3.05, 3.63) is 35.7 Å². The molecule has 0 spiro atoms. The topological polar surface area (TPSA) is 75.3 Å². The number of imidazole rings is 1. The lowest BCUT2D eigenvalue weighted by atomic mass is 9.77. The summed E-state index contributed by atoms with van der Waals surface area (Å²) in [6, 6.07) is 6.62. The van der Waals surface area contributed by atoms with Crippen molar-refractivity contribution in [1.29, 1.82) is 0 Å². The summed E-state index contributed by atoms with van der Waals surface area (Å²) in [7, 11) is 0. The summed E-state index contributed by atoms with van der Waals surface area (Å²) in [6.45, 7) is 4.01. The van der Waals surface area contributed by atoms with Crippen LogP contribution in [0.15, 0.2) is 24.3 Å². The number of hydrogen-bond acceptors (Lipinski definition) is 4. The van der Waals surface area contributed by atoms with E-state index in [0.717, 1.165) is 4.73 Å². The van der Waals surface area contributed by atoms with E-state index in [-0.39, 0.29) is 28.5 Å². The van der Waals surface area contributed by atoms with Crippen molar-refractivity contribution in [2.45, 2.75) is 26.7 Å². The highest BCUT2D eigenvalue weighted by Crippen LogP contribution is 2.37. The zero-order valence-electron chi connectivity index (χ0n) is 11.4. The van der Waals surface area contributed by atoms with Crippen LogP contribution in [0.1, 0.15) is 36.5 Å². The number of fused-ring (bicyclic) bond motifs is 1. The number of carbonyl (C=O) groups is 1. The van der Waals surface area contributed by atoms with Gasteiger partial charge >= 0.3 is 0 Å². The molecule has 0 saturated heterocycles. The number of hydrogen-bond donors (Lipinski definition) is 2. The summed E-state index contributed by atoms with van der Waals surface area (Å²) in [5, 5.41) is 20.1. The third-order valence-electron chi connectivity index (χ3n) is 3.62. The average molecular weight is 272 g/mol. The highest BCUT2D eigenvalue weighted by atomic mass is 16.5. The van der Waals surface area contributed by atoms with Gasteiger partial charge in [0.05, 0.1) is 11.3 Å². The molecule has 20 heavy (non-hydrogen) atoms. The van der Waals surface area contributed by atoms with Crippen LogP contribution in [-0.4, -0.2) is 25.8 Å². The van der Waals surface area contributed by atoms with Crippen LogP contribution < -0.4 is 0 Å². The Hall–Kier alpha value is -2.30. The summed E-state index contributed by atoms with van der Waals surface area (Å²) in [5.74, 6) is 0.115. The minimum atomic E-state index is -0.158. The van der Waals surface area contributed by atoms with Gasteiger partial charge in [-0.3, -0.25) is 4.79 Å². The van der Waals surface area contributed by atoms with Crippen molar-refractivity contribution in [3.63, 3.8) is 0 Å². The van der Waals surface area contributed by atoms with E-state index in [1.807, 2.05) is 13.8 Å². The normalized spacial score (nSPS) is 17.0. The summed E-state index contributed by atoms with van der Waals surface area (Å²) in [5.41, 5.74) is 1.08. The number of carbonyl (C=O) groups excluding carboxylic acids is 1. The molecule has 3 rings (SSSR count). The van der Waals surface area contributed by atoms with Crippen molar-refractivity contribution in [2.75, 3.05) is 0 Å². The lowest BCUT2D eigenvalue weighted by Crippen LogP contribution is -2.28. The Balaban J connectivity index is 2.18. The lowest BCUT2D eigenvalue weighted by molar-refractivity contribution is 0.0858. The number of rotatable bonds is 1. The average Bonchev–Trinajstić information content (AvgIpc) is 2.65. The first kappa shape index (κ1) is 12.7. The molecule has 2 aromatic rings. The monoisotopic (exact) mass is 272 g/mol. The van der Waals surface area contributed by atoms with Crippen LogP contribution in [0.3, 0.4) is 0 Å². The summed E-state index contributed by atoms with van der Waals surface area (Å²) in [6.07, 6.45) is 1.01. The van der Waals surface area contributed by atoms with E-state index in [2.05, 4.69) is 4.98 Å². The number of aromatic hydroxyl groups is 1. The second-order valence-electron chi connectivity index (χ2n) is 6.00. The van der Waals surface area contributed by atoms with Crippen molar-refractivity contribution in [2.24, 2.45) is 5.41 Å². The number of phenols is 1. The molecule has 1 aromatic carbocycles. The van der Waals surface area contributed by atoms with E-state index in [4.69, 9.17) is 0 Å². The smallest absolute Gasteiger partial charge is 0.185 e. The molecule has 1 aromatic heterocycles. The Bertz CT molecular complexity index is 701. The molecule has 0 amide bonds. The molecule has 0 unspecified atom stereocenters. The fourth-order valence-corrected chi connectivity index (χ4v) is 2.73. The SMILES string of the molecule is CC1(C)CC(=O)c2c(nc(-c3ccccc3O)n2O)C1. The predicted molar refractivity (Wildman–Crippen MR) is 72.9 cm³/mol. The van der Waals surface area contributed by atoms with Crippen molar-refractivity contribution < 1.29 is 15.1 Å². The first-order valence-electron chi connectivity index (χ1n) is 6.51. The van der Waals surface area contributed by atoms with Crippen molar-refractivity contribution in [1.82, 2.24) is 9.71 Å². The molecule has 5 heteroatoms. The maximum absolute atomic E-state index is 12.2. The van der Waals surface area contributed by atoms with Crippen LogP contribution in [0.2, 0.25) is 0 Å². The number of nitrogens with zero attached hydrogens (tertiary/aromatic N) is 2. The van der Waals surface area contributed by atoms with Gasteiger partial charge in [-0.2, -0.15) is 4.73 Å². The van der Waals surface area contributed by atoms with E-state index in [0.29, 0.717) is 24.1 Å². The van der Waals surface area contributed by atoms with E-state index in [1.165, 1.54) is 6.07 Å². The van der Waals surface area contributed by atoms with Crippen LogP contribution in [0, 0.1) is 5.41 Å². The number of para-hydroxylation sites is 1. The molecule has 1 aliphatic carbocycles. The number of aromatic nitrogens is 2. The van der Waals surface area contributed by atoms with Gasteiger partial charge in [-0.25, -0.2) is 4.98 Å². The molecule has 104 valence electrons. The third-order valence-corrected chi connectivity index (χ3v) is 3.62. The second kappa shape index (κ2) is 4.10. The Labute approximate surface area is 116 Å². The highest BCUT2D eigenvalue weighted by molar-refractivity contribution is 5.97. The Kier molecular flexibility index (Phi) is 2.61. The molecule has 1 heterocycles. The van der Waals surface area contributed by atoms with E-state index >= 15 is 0 Å². The van der Waals surface area contributed by atoms with Gasteiger partial charge in [0, 0.05) is 6.42 Å². The van der Waals surface area contributed by atoms with Crippen molar-refractivity contribution in [3.8, 4) is 17.1 Å². The highest BCUT2D eigenvalue weighted by Gasteiger charge is 2.36. The van der Waals surface area contributed by atoms with Crippen LogP contribution in [0.5, 0.6) is 5.75 Å². The fraction of sp³-hybridized carbons (Fsp3) is 0.333. The standard InChI is InChI=1S/C15H16N2O3/c1-15(2)7-10-13(12(19)8-15)17(20)14(16-10)9-5-3-4-6-11(9)18/h3-6,18,20H,7-8H2,1-2H3. The molecule has 0 fully saturated rings. The van der Waals surface area contributed by atoms with Gasteiger partial charge in [0.15, 0.2) is 11.6 Å². The van der Waals surface area contributed by atoms with Gasteiger partial charge in [0.25, 0.3) is 0 Å². The first-order valence-corrected chi connectivity index (χ1v) is 6.51. The van der Waals surface area contributed by atoms with Crippen molar-refractivity contribution >= 4 is 5.78 Å². The number of benzene rings is 1. The zero-order valence-corrected chi connectivity index (χ0v) is 11.4. The van der Waals surface area contributed by atoms with Crippen LogP contribution >= 0.6 is 0 Å². The predicted octanol–water partition coefficient (Wildman–Crippen LogP) is 2.65. The summed E-state index contributed by atoms with van der Waals surface area (Å²) < 4.78 is 0.807. The Morgan fingerprint density at radius 3 is 2.65 bits per heavy atom. The third kappa shape index (κ3) is 1.86. The molecule has 0 aliphatic heterocycles. The molecular weight excluding hydrogens is 256 g/mol. The minimum absolute atomic E-state index is 0.0249. The van der Waals surface area contributed by atoms with Gasteiger partial charge in [0.1, 0.15) is 11.4 Å². The number of Topliss-reactive ketones (excluding diaryl/α,β-unsaturated/α-hetero) is 1. The number of ketones is 1. The molecule has 2 N–H and O–H groups in total. The van der Waals surface area contributed by atoms with Gasteiger partial charge in [0.2, 0.25) is 0 Å². The van der Waals surface area contributed by atoms with E-state index < -0.39 is 0 Å². The molecule has 5 nitrogen and oxygen atoms in total. The molecular formula is C15H16N2O3. The van der Waals surface area contributed by atoms with E-state index in [1.54, 1.807) is 18.2 Å². The lowest BCUT2D eigenvalue weighted by Gasteiger charge is -2.27. The molecule has 0 saturated carbocycles. The second-order valence-corrected chi connectivity index (χ2v) is 6.00. The van der Waals surface area contributed by atoms with Gasteiger partial charge in [-0.15, -0.1) is 0 Å². The van der Waals surface area contributed by atoms with E-state index in [9.17, 15) is 15.1 Å². The van der Waals surface area contributed by atoms with Crippen LogP contribution in [-0.2, 0) is 6.42 Å². The molecule has 0 bridgehead atoms. The molecule has 1 aliphatic rings. The fourth-order valence-electron chi connectivity index (χ4n) is 2.73. The number of phenolic OH excluding ortho intramolecular Hbond substituents is 1. The van der Waals surface area contributed by atoms with Crippen LogP contribution in [0.4, 0.5) is 0 Å². The minimum Gasteiger partial charge on any atom is -0.507 e.